The Kier molecular flexibility index (Phi) is 4.06. The fourth-order valence-corrected chi connectivity index (χ4v) is 2.77. The van der Waals surface area contributed by atoms with Gasteiger partial charge in [0.1, 0.15) is 0 Å². The van der Waals surface area contributed by atoms with E-state index in [1.54, 1.807) is 0 Å². The monoisotopic (exact) mass is 287 g/mol. The molecule has 2 rings (SSSR count). The average Bonchev–Trinajstić information content (AvgIpc) is 2.69. The topological polar surface area (TPSA) is 3.24 Å². The lowest BCUT2D eigenvalue weighted by molar-refractivity contribution is 0.321. The predicted molar refractivity (Wildman–Crippen MR) is 68.6 cm³/mol. The van der Waals surface area contributed by atoms with Gasteiger partial charge < -0.3 is 0 Å². The van der Waals surface area contributed by atoms with Crippen molar-refractivity contribution in [1.82, 2.24) is 4.90 Å². The van der Waals surface area contributed by atoms with E-state index in [1.807, 2.05) is 12.1 Å². The molecule has 82 valence electrons. The van der Waals surface area contributed by atoms with Crippen LogP contribution in [0.5, 0.6) is 0 Å². The summed E-state index contributed by atoms with van der Waals surface area (Å²) in [5, 5.41) is 2.01. The molecule has 0 amide bonds. The summed E-state index contributed by atoms with van der Waals surface area (Å²) in [4.78, 5) is 2.48. The van der Waals surface area contributed by atoms with Crippen LogP contribution < -0.4 is 0 Å². The van der Waals surface area contributed by atoms with Gasteiger partial charge in [-0.15, -0.1) is 0 Å². The molecule has 0 bridgehead atoms. The number of halogens is 2. The second kappa shape index (κ2) is 5.33. The van der Waals surface area contributed by atoms with Crippen LogP contribution in [0.4, 0.5) is 0 Å². The van der Waals surface area contributed by atoms with Crippen molar-refractivity contribution >= 4 is 27.5 Å². The summed E-state index contributed by atoms with van der Waals surface area (Å²) >= 11 is 9.69. The van der Waals surface area contributed by atoms with E-state index in [9.17, 15) is 0 Å². The third-order valence-electron chi connectivity index (χ3n) is 2.94. The Hall–Kier alpha value is -0.0500. The average molecular weight is 289 g/mol. The highest BCUT2D eigenvalue weighted by atomic mass is 79.9. The standard InChI is InChI=1S/C12H15BrClN/c13-7-10-5-6-15(8-10)9-11-3-1-2-4-12(11)14/h1-4,10H,5-9H2. The molecule has 1 heterocycles. The summed E-state index contributed by atoms with van der Waals surface area (Å²) in [6, 6.07) is 8.12. The minimum Gasteiger partial charge on any atom is -0.299 e. The van der Waals surface area contributed by atoms with E-state index in [0.29, 0.717) is 0 Å². The first kappa shape index (κ1) is 11.4. The molecule has 1 fully saturated rings. The molecule has 1 unspecified atom stereocenters. The van der Waals surface area contributed by atoms with Gasteiger partial charge in [0.2, 0.25) is 0 Å². The van der Waals surface area contributed by atoms with Gasteiger partial charge in [0, 0.05) is 23.4 Å². The Morgan fingerprint density at radius 1 is 1.40 bits per heavy atom. The molecule has 0 radical (unpaired) electrons. The third kappa shape index (κ3) is 2.96. The molecule has 3 heteroatoms. The van der Waals surface area contributed by atoms with Gasteiger partial charge in [0.15, 0.2) is 0 Å². The van der Waals surface area contributed by atoms with Crippen LogP contribution in [0.1, 0.15) is 12.0 Å². The van der Waals surface area contributed by atoms with Crippen molar-refractivity contribution in [3.05, 3.63) is 34.9 Å². The summed E-state index contributed by atoms with van der Waals surface area (Å²) in [6.45, 7) is 3.38. The highest BCUT2D eigenvalue weighted by molar-refractivity contribution is 9.09. The minimum atomic E-state index is 0.812. The third-order valence-corrected chi connectivity index (χ3v) is 4.22. The zero-order valence-electron chi connectivity index (χ0n) is 8.63. The van der Waals surface area contributed by atoms with Crippen molar-refractivity contribution in [2.24, 2.45) is 5.92 Å². The lowest BCUT2D eigenvalue weighted by Crippen LogP contribution is -2.20. The molecule has 1 atom stereocenters. The van der Waals surface area contributed by atoms with E-state index in [-0.39, 0.29) is 0 Å². The molecular weight excluding hydrogens is 273 g/mol. The van der Waals surface area contributed by atoms with Crippen molar-refractivity contribution in [3.8, 4) is 0 Å². The molecule has 1 aliphatic rings. The number of likely N-dealkylation sites (tertiary alicyclic amines) is 1. The highest BCUT2D eigenvalue weighted by Crippen LogP contribution is 2.23. The Bertz CT molecular complexity index is 329. The molecule has 0 saturated carbocycles. The summed E-state index contributed by atoms with van der Waals surface area (Å²) in [6.07, 6.45) is 1.30. The smallest absolute Gasteiger partial charge is 0.0451 e. The summed E-state index contributed by atoms with van der Waals surface area (Å²) in [7, 11) is 0. The largest absolute Gasteiger partial charge is 0.299 e. The number of hydrogen-bond donors (Lipinski definition) is 0. The van der Waals surface area contributed by atoms with E-state index >= 15 is 0 Å². The minimum absolute atomic E-state index is 0.812. The number of benzene rings is 1. The summed E-state index contributed by atoms with van der Waals surface area (Å²) in [5.41, 5.74) is 1.24. The summed E-state index contributed by atoms with van der Waals surface area (Å²) < 4.78 is 0. The number of rotatable bonds is 3. The van der Waals surface area contributed by atoms with E-state index in [4.69, 9.17) is 11.6 Å². The van der Waals surface area contributed by atoms with Gasteiger partial charge in [-0.05, 0) is 30.5 Å². The lowest BCUT2D eigenvalue weighted by atomic mass is 10.2. The second-order valence-electron chi connectivity index (χ2n) is 4.14. The van der Waals surface area contributed by atoms with Crippen LogP contribution >= 0.6 is 27.5 Å². The first-order valence-corrected chi connectivity index (χ1v) is 6.81. The van der Waals surface area contributed by atoms with E-state index in [2.05, 4.69) is 33.0 Å². The quantitative estimate of drug-likeness (QED) is 0.769. The van der Waals surface area contributed by atoms with Crippen LogP contribution in [0.15, 0.2) is 24.3 Å². The van der Waals surface area contributed by atoms with Crippen molar-refractivity contribution in [3.63, 3.8) is 0 Å². The maximum atomic E-state index is 6.14. The maximum Gasteiger partial charge on any atom is 0.0451 e. The van der Waals surface area contributed by atoms with Gasteiger partial charge in [-0.2, -0.15) is 0 Å². The van der Waals surface area contributed by atoms with Crippen molar-refractivity contribution < 1.29 is 0 Å². The second-order valence-corrected chi connectivity index (χ2v) is 5.19. The lowest BCUT2D eigenvalue weighted by Gasteiger charge is -2.16. The number of nitrogens with zero attached hydrogens (tertiary/aromatic N) is 1. The highest BCUT2D eigenvalue weighted by Gasteiger charge is 2.21. The maximum absolute atomic E-state index is 6.14. The van der Waals surface area contributed by atoms with Crippen LogP contribution in [0, 0.1) is 5.92 Å². The van der Waals surface area contributed by atoms with Gasteiger partial charge in [-0.3, -0.25) is 4.90 Å². The zero-order valence-corrected chi connectivity index (χ0v) is 11.0. The van der Waals surface area contributed by atoms with Crippen LogP contribution in [0.25, 0.3) is 0 Å². The van der Waals surface area contributed by atoms with Gasteiger partial charge >= 0.3 is 0 Å². The molecular formula is C12H15BrClN. The first-order chi connectivity index (χ1) is 7.29. The zero-order chi connectivity index (χ0) is 10.7. The Morgan fingerprint density at radius 3 is 2.87 bits per heavy atom. The van der Waals surface area contributed by atoms with Crippen molar-refractivity contribution in [1.29, 1.82) is 0 Å². The predicted octanol–water partition coefficient (Wildman–Crippen LogP) is 3.56. The van der Waals surface area contributed by atoms with Gasteiger partial charge in [-0.25, -0.2) is 0 Å². The SMILES string of the molecule is Clc1ccccc1CN1CCC(CBr)C1. The number of alkyl halides is 1. The molecule has 15 heavy (non-hydrogen) atoms. The van der Waals surface area contributed by atoms with Crippen LogP contribution in [0.3, 0.4) is 0 Å². The van der Waals surface area contributed by atoms with Crippen LogP contribution in [-0.4, -0.2) is 23.3 Å². The van der Waals surface area contributed by atoms with Crippen LogP contribution in [-0.2, 0) is 6.54 Å². The molecule has 0 aromatic heterocycles. The Balaban J connectivity index is 1.96. The van der Waals surface area contributed by atoms with Crippen molar-refractivity contribution in [2.45, 2.75) is 13.0 Å². The van der Waals surface area contributed by atoms with Gasteiger partial charge in [0.05, 0.1) is 0 Å². The van der Waals surface area contributed by atoms with Gasteiger partial charge in [0.25, 0.3) is 0 Å². The fourth-order valence-electron chi connectivity index (χ4n) is 2.05. The summed E-state index contributed by atoms with van der Waals surface area (Å²) in [5.74, 6) is 0.812. The Labute approximate surface area is 105 Å². The number of hydrogen-bond acceptors (Lipinski definition) is 1. The Morgan fingerprint density at radius 2 is 2.20 bits per heavy atom. The van der Waals surface area contributed by atoms with Gasteiger partial charge in [-0.1, -0.05) is 45.7 Å². The molecule has 0 spiro atoms. The molecule has 0 N–H and O–H groups in total. The normalized spacial score (nSPS) is 22.1. The fraction of sp³-hybridized carbons (Fsp3) is 0.500. The molecule has 1 aromatic carbocycles. The first-order valence-electron chi connectivity index (χ1n) is 5.31. The molecule has 1 saturated heterocycles. The van der Waals surface area contributed by atoms with Crippen LogP contribution in [0.2, 0.25) is 5.02 Å². The van der Waals surface area contributed by atoms with Crippen molar-refractivity contribution in [2.75, 3.05) is 18.4 Å². The molecule has 0 aliphatic carbocycles. The van der Waals surface area contributed by atoms with E-state index in [0.717, 1.165) is 22.8 Å². The molecule has 1 nitrogen and oxygen atoms in total. The van der Waals surface area contributed by atoms with E-state index in [1.165, 1.54) is 25.1 Å². The molecule has 1 aliphatic heterocycles. The van der Waals surface area contributed by atoms with E-state index < -0.39 is 0 Å². The molecule has 1 aromatic rings.